The van der Waals surface area contributed by atoms with Crippen LogP contribution in [-0.2, 0) is 4.79 Å². The van der Waals surface area contributed by atoms with Crippen molar-refractivity contribution in [3.8, 4) is 0 Å². The molecule has 1 aromatic rings. The maximum Gasteiger partial charge on any atom is 0.253 e. The first-order chi connectivity index (χ1) is 9.74. The summed E-state index contributed by atoms with van der Waals surface area (Å²) >= 11 is 28.1. The summed E-state index contributed by atoms with van der Waals surface area (Å²) in [6.45, 7) is -1.25. The molecular formula is C11H10Cl4FN3OS. The number of halogens is 5. The first-order valence-corrected chi connectivity index (χ1v) is 7.40. The van der Waals surface area contributed by atoms with E-state index in [0.29, 0.717) is 10.7 Å². The van der Waals surface area contributed by atoms with Crippen LogP contribution >= 0.6 is 58.6 Å². The van der Waals surface area contributed by atoms with Crippen LogP contribution in [0.25, 0.3) is 0 Å². The molecule has 0 spiro atoms. The van der Waals surface area contributed by atoms with Gasteiger partial charge in [-0.3, -0.25) is 4.79 Å². The normalized spacial score (nSPS) is 12.4. The topological polar surface area (TPSA) is 53.2 Å². The van der Waals surface area contributed by atoms with Crippen LogP contribution in [0.5, 0.6) is 0 Å². The van der Waals surface area contributed by atoms with E-state index in [2.05, 4.69) is 16.0 Å². The number of rotatable bonds is 4. The monoisotopic (exact) mass is 391 g/mol. The maximum atomic E-state index is 12.2. The fourth-order valence-electron chi connectivity index (χ4n) is 1.25. The number of hydrogen-bond donors (Lipinski definition) is 3. The van der Waals surface area contributed by atoms with E-state index < -0.39 is 22.5 Å². The summed E-state index contributed by atoms with van der Waals surface area (Å²) in [6.07, 6.45) is -1.21. The van der Waals surface area contributed by atoms with Gasteiger partial charge in [0.1, 0.15) is 6.17 Å². The van der Waals surface area contributed by atoms with Crippen LogP contribution < -0.4 is 16.0 Å². The average Bonchev–Trinajstić information content (AvgIpc) is 2.39. The van der Waals surface area contributed by atoms with Gasteiger partial charge in [0.2, 0.25) is 3.79 Å². The summed E-state index contributed by atoms with van der Waals surface area (Å²) in [5.74, 6) is -0.945. The van der Waals surface area contributed by atoms with Gasteiger partial charge >= 0.3 is 0 Å². The first kappa shape index (κ1) is 18.5. The Labute approximate surface area is 146 Å². The van der Waals surface area contributed by atoms with Crippen molar-refractivity contribution in [2.75, 3.05) is 12.0 Å². The first-order valence-electron chi connectivity index (χ1n) is 5.48. The van der Waals surface area contributed by atoms with Gasteiger partial charge in [-0.2, -0.15) is 0 Å². The van der Waals surface area contributed by atoms with Gasteiger partial charge in [0, 0.05) is 0 Å². The van der Waals surface area contributed by atoms with Crippen LogP contribution in [0.3, 0.4) is 0 Å². The standard InChI is InChI=1S/C11H10Cl4FN3OS/c12-6-3-1-2-4-7(6)17-10(21)19-9(11(13,14)15)18-8(20)5-16/h1-4,9H,5H2,(H,18,20)(H2,17,19,21)/t9-/m0/s1. The Kier molecular flexibility index (Phi) is 7.23. The van der Waals surface area contributed by atoms with Gasteiger partial charge in [-0.1, -0.05) is 58.5 Å². The van der Waals surface area contributed by atoms with Gasteiger partial charge in [0.15, 0.2) is 11.8 Å². The minimum absolute atomic E-state index is 0.0404. The van der Waals surface area contributed by atoms with E-state index in [4.69, 9.17) is 58.6 Å². The van der Waals surface area contributed by atoms with E-state index >= 15 is 0 Å². The molecule has 0 saturated heterocycles. The van der Waals surface area contributed by atoms with Crippen molar-refractivity contribution in [2.45, 2.75) is 9.96 Å². The number of alkyl halides is 4. The molecule has 1 aromatic carbocycles. The number of carbonyl (C=O) groups is 1. The molecule has 0 aliphatic heterocycles. The van der Waals surface area contributed by atoms with Gasteiger partial charge in [0.25, 0.3) is 5.91 Å². The highest BCUT2D eigenvalue weighted by Gasteiger charge is 2.34. The summed E-state index contributed by atoms with van der Waals surface area (Å²) < 4.78 is 10.3. The molecule has 0 aromatic heterocycles. The second-order valence-corrected chi connectivity index (χ2v) is 6.94. The number of para-hydroxylation sites is 1. The number of amides is 1. The van der Waals surface area contributed by atoms with E-state index in [1.807, 2.05) is 0 Å². The molecule has 4 nitrogen and oxygen atoms in total. The highest BCUT2D eigenvalue weighted by atomic mass is 35.6. The number of nitrogens with one attached hydrogen (secondary N) is 3. The van der Waals surface area contributed by atoms with Crippen molar-refractivity contribution in [1.29, 1.82) is 0 Å². The molecule has 0 aliphatic rings. The lowest BCUT2D eigenvalue weighted by Gasteiger charge is -2.27. The van der Waals surface area contributed by atoms with Gasteiger partial charge in [0.05, 0.1) is 10.7 Å². The zero-order valence-electron chi connectivity index (χ0n) is 10.3. The largest absolute Gasteiger partial charge is 0.339 e. The van der Waals surface area contributed by atoms with Crippen LogP contribution in [0.1, 0.15) is 0 Å². The van der Waals surface area contributed by atoms with Gasteiger partial charge < -0.3 is 16.0 Å². The molecule has 0 radical (unpaired) electrons. The molecule has 0 saturated carbocycles. The van der Waals surface area contributed by atoms with Crippen molar-refractivity contribution < 1.29 is 9.18 Å². The number of thiocarbonyl (C=S) groups is 1. The molecule has 116 valence electrons. The molecule has 1 atom stereocenters. The molecule has 0 heterocycles. The second kappa shape index (κ2) is 8.19. The zero-order chi connectivity index (χ0) is 16.0. The fraction of sp³-hybridized carbons (Fsp3) is 0.273. The van der Waals surface area contributed by atoms with E-state index in [-0.39, 0.29) is 5.11 Å². The highest BCUT2D eigenvalue weighted by molar-refractivity contribution is 7.80. The lowest BCUT2D eigenvalue weighted by molar-refractivity contribution is -0.122. The predicted molar refractivity (Wildman–Crippen MR) is 89.0 cm³/mol. The van der Waals surface area contributed by atoms with E-state index in [0.717, 1.165) is 0 Å². The van der Waals surface area contributed by atoms with Crippen molar-refractivity contribution in [3.05, 3.63) is 29.3 Å². The molecule has 0 fully saturated rings. The summed E-state index contributed by atoms with van der Waals surface area (Å²) in [7, 11) is 0. The Morgan fingerprint density at radius 2 is 1.90 bits per heavy atom. The fourth-order valence-corrected chi connectivity index (χ4v) is 1.99. The van der Waals surface area contributed by atoms with Crippen LogP contribution in [0, 0.1) is 0 Å². The Balaban J connectivity index is 2.73. The Morgan fingerprint density at radius 3 is 2.43 bits per heavy atom. The van der Waals surface area contributed by atoms with Crippen LogP contribution in [0.4, 0.5) is 10.1 Å². The molecule has 0 aliphatic carbocycles. The van der Waals surface area contributed by atoms with Crippen molar-refractivity contribution >= 4 is 75.3 Å². The van der Waals surface area contributed by atoms with Crippen molar-refractivity contribution in [2.24, 2.45) is 0 Å². The third kappa shape index (κ3) is 6.40. The molecular weight excluding hydrogens is 383 g/mol. The SMILES string of the molecule is O=C(CF)N[C@@H](NC(=S)Nc1ccccc1Cl)C(Cl)(Cl)Cl. The molecule has 0 unspecified atom stereocenters. The number of carbonyl (C=O) groups excluding carboxylic acids is 1. The third-order valence-corrected chi connectivity index (χ3v) is 3.36. The van der Waals surface area contributed by atoms with Crippen molar-refractivity contribution in [1.82, 2.24) is 10.6 Å². The van der Waals surface area contributed by atoms with E-state index in [1.54, 1.807) is 24.3 Å². The maximum absolute atomic E-state index is 12.2. The van der Waals surface area contributed by atoms with Gasteiger partial charge in [-0.05, 0) is 24.4 Å². The lowest BCUT2D eigenvalue weighted by atomic mass is 10.3. The van der Waals surface area contributed by atoms with Gasteiger partial charge in [-0.25, -0.2) is 4.39 Å². The number of hydrogen-bond acceptors (Lipinski definition) is 2. The smallest absolute Gasteiger partial charge is 0.253 e. The molecule has 1 rings (SSSR count). The van der Waals surface area contributed by atoms with Crippen molar-refractivity contribution in [3.63, 3.8) is 0 Å². The number of anilines is 1. The summed E-state index contributed by atoms with van der Waals surface area (Å²) in [6, 6.07) is 6.83. The number of benzene rings is 1. The summed E-state index contributed by atoms with van der Waals surface area (Å²) in [5.41, 5.74) is 0.525. The van der Waals surface area contributed by atoms with Gasteiger partial charge in [-0.15, -0.1) is 0 Å². The quantitative estimate of drug-likeness (QED) is 0.417. The zero-order valence-corrected chi connectivity index (χ0v) is 14.1. The van der Waals surface area contributed by atoms with Crippen LogP contribution in [0.2, 0.25) is 5.02 Å². The molecule has 10 heteroatoms. The van der Waals surface area contributed by atoms with Crippen LogP contribution in [-0.4, -0.2) is 27.7 Å². The molecule has 3 N–H and O–H groups in total. The lowest BCUT2D eigenvalue weighted by Crippen LogP contribution is -2.56. The minimum Gasteiger partial charge on any atom is -0.339 e. The Morgan fingerprint density at radius 1 is 1.29 bits per heavy atom. The van der Waals surface area contributed by atoms with E-state index in [1.165, 1.54) is 0 Å². The Hall–Kier alpha value is -0.530. The second-order valence-electron chi connectivity index (χ2n) is 3.75. The third-order valence-electron chi connectivity index (χ3n) is 2.15. The average molecular weight is 393 g/mol. The highest BCUT2D eigenvalue weighted by Crippen LogP contribution is 2.29. The molecule has 0 bridgehead atoms. The van der Waals surface area contributed by atoms with Crippen LogP contribution in [0.15, 0.2) is 24.3 Å². The van der Waals surface area contributed by atoms with E-state index in [9.17, 15) is 9.18 Å². The molecule has 1 amide bonds. The minimum atomic E-state index is -1.93. The summed E-state index contributed by atoms with van der Waals surface area (Å²) in [4.78, 5) is 11.1. The predicted octanol–water partition coefficient (Wildman–Crippen LogP) is 3.41. The summed E-state index contributed by atoms with van der Waals surface area (Å²) in [5, 5.41) is 7.96. The molecule has 21 heavy (non-hydrogen) atoms. The Bertz CT molecular complexity index is 526.